The van der Waals surface area contributed by atoms with Crippen LogP contribution in [0.4, 0.5) is 0 Å². The zero-order valence-corrected chi connectivity index (χ0v) is 6.41. The minimum absolute atomic E-state index is 0.447. The number of nitrogens with zero attached hydrogens (tertiary/aromatic N) is 1. The zero-order valence-electron chi connectivity index (χ0n) is 6.41. The summed E-state index contributed by atoms with van der Waals surface area (Å²) in [6.45, 7) is 1.84. The smallest absolute Gasteiger partial charge is 0.0990 e. The molecule has 0 amide bonds. The van der Waals surface area contributed by atoms with Gasteiger partial charge in [0.25, 0.3) is 0 Å². The van der Waals surface area contributed by atoms with Crippen LogP contribution < -0.4 is 0 Å². The number of hydrogen-bond donors (Lipinski definition) is 0. The summed E-state index contributed by atoms with van der Waals surface area (Å²) in [5.74, 6) is 0. The van der Waals surface area contributed by atoms with Crippen molar-refractivity contribution in [3.8, 4) is 0 Å². The Bertz CT molecular complexity index is 115. The van der Waals surface area contributed by atoms with Crippen molar-refractivity contribution in [2.75, 3.05) is 27.3 Å². The third-order valence-corrected chi connectivity index (χ3v) is 2.08. The fraction of sp³-hybridized carbons (Fsp3) is 1.00. The molecule has 2 saturated heterocycles. The first-order valence-electron chi connectivity index (χ1n) is 3.68. The standard InChI is InChI=1S/C7H13NO2/c1-8(2)7(5-3-9-5)6-4-10-6/h5-7H,3-4H2,1-2H3. The average molecular weight is 143 g/mol. The van der Waals surface area contributed by atoms with Gasteiger partial charge < -0.3 is 14.4 Å². The van der Waals surface area contributed by atoms with Crippen LogP contribution in [0.1, 0.15) is 0 Å². The summed E-state index contributed by atoms with van der Waals surface area (Å²) in [7, 11) is 4.15. The molecule has 0 saturated carbocycles. The first-order chi connectivity index (χ1) is 4.79. The molecule has 2 fully saturated rings. The van der Waals surface area contributed by atoms with Gasteiger partial charge in [0.2, 0.25) is 0 Å². The Kier molecular flexibility index (Phi) is 1.44. The monoisotopic (exact) mass is 143 g/mol. The van der Waals surface area contributed by atoms with Gasteiger partial charge in [0.1, 0.15) is 0 Å². The number of ether oxygens (including phenoxy) is 2. The largest absolute Gasteiger partial charge is 0.371 e. The van der Waals surface area contributed by atoms with E-state index in [1.54, 1.807) is 0 Å². The predicted octanol–water partition coefficient (Wildman–Crippen LogP) is -0.286. The molecule has 2 heterocycles. The van der Waals surface area contributed by atoms with Gasteiger partial charge in [0, 0.05) is 0 Å². The second kappa shape index (κ2) is 2.19. The highest BCUT2D eigenvalue weighted by atomic mass is 16.6. The topological polar surface area (TPSA) is 28.3 Å². The minimum atomic E-state index is 0.447. The molecule has 0 aromatic carbocycles. The minimum Gasteiger partial charge on any atom is -0.371 e. The number of epoxide rings is 2. The van der Waals surface area contributed by atoms with Crippen LogP contribution in [0.2, 0.25) is 0 Å². The van der Waals surface area contributed by atoms with Gasteiger partial charge in [0.15, 0.2) is 0 Å². The first kappa shape index (κ1) is 6.58. The highest BCUT2D eigenvalue weighted by molar-refractivity contribution is 4.95. The van der Waals surface area contributed by atoms with E-state index in [2.05, 4.69) is 19.0 Å². The van der Waals surface area contributed by atoms with Crippen LogP contribution in [0, 0.1) is 0 Å². The quantitative estimate of drug-likeness (QED) is 0.508. The molecular formula is C7H13NO2. The van der Waals surface area contributed by atoms with Crippen LogP contribution >= 0.6 is 0 Å². The van der Waals surface area contributed by atoms with Gasteiger partial charge in [-0.15, -0.1) is 0 Å². The molecule has 0 aliphatic carbocycles. The second-order valence-electron chi connectivity index (χ2n) is 3.20. The molecule has 2 rings (SSSR count). The Labute approximate surface area is 60.9 Å². The highest BCUT2D eigenvalue weighted by Crippen LogP contribution is 2.27. The Morgan fingerprint density at radius 2 is 1.60 bits per heavy atom. The van der Waals surface area contributed by atoms with Crippen molar-refractivity contribution < 1.29 is 9.47 Å². The molecule has 3 heteroatoms. The molecule has 2 aliphatic heterocycles. The van der Waals surface area contributed by atoms with E-state index in [9.17, 15) is 0 Å². The SMILES string of the molecule is CN(C)C(C1CO1)C1CO1. The summed E-state index contributed by atoms with van der Waals surface area (Å²) in [5.41, 5.74) is 0. The summed E-state index contributed by atoms with van der Waals surface area (Å²) in [5, 5.41) is 0. The van der Waals surface area contributed by atoms with Crippen molar-refractivity contribution in [1.29, 1.82) is 0 Å². The molecule has 0 spiro atoms. The lowest BCUT2D eigenvalue weighted by atomic mass is 10.1. The summed E-state index contributed by atoms with van der Waals surface area (Å²) < 4.78 is 10.4. The van der Waals surface area contributed by atoms with Crippen LogP contribution in [-0.2, 0) is 9.47 Å². The third kappa shape index (κ3) is 1.17. The molecule has 0 N–H and O–H groups in total. The van der Waals surface area contributed by atoms with Crippen molar-refractivity contribution in [2.45, 2.75) is 18.2 Å². The van der Waals surface area contributed by atoms with Crippen molar-refractivity contribution in [3.63, 3.8) is 0 Å². The van der Waals surface area contributed by atoms with Crippen LogP contribution in [0.25, 0.3) is 0 Å². The molecule has 0 bridgehead atoms. The van der Waals surface area contributed by atoms with Gasteiger partial charge >= 0.3 is 0 Å². The summed E-state index contributed by atoms with van der Waals surface area (Å²) in [4.78, 5) is 2.19. The van der Waals surface area contributed by atoms with Gasteiger partial charge in [-0.2, -0.15) is 0 Å². The maximum Gasteiger partial charge on any atom is 0.0990 e. The molecule has 2 aliphatic rings. The van der Waals surface area contributed by atoms with Crippen LogP contribution in [0.3, 0.4) is 0 Å². The normalized spacial score (nSPS) is 39.9. The fourth-order valence-electron chi connectivity index (χ4n) is 1.41. The van der Waals surface area contributed by atoms with Crippen molar-refractivity contribution in [3.05, 3.63) is 0 Å². The summed E-state index contributed by atoms with van der Waals surface area (Å²) in [6.07, 6.45) is 0.894. The van der Waals surface area contributed by atoms with Gasteiger partial charge in [-0.3, -0.25) is 0 Å². The lowest BCUT2D eigenvalue weighted by Crippen LogP contribution is -2.37. The number of rotatable bonds is 3. The van der Waals surface area contributed by atoms with E-state index >= 15 is 0 Å². The van der Waals surface area contributed by atoms with Crippen LogP contribution in [0.15, 0.2) is 0 Å². The van der Waals surface area contributed by atoms with Gasteiger partial charge in [-0.25, -0.2) is 0 Å². The predicted molar refractivity (Wildman–Crippen MR) is 37.0 cm³/mol. The molecule has 0 radical (unpaired) electrons. The molecule has 2 unspecified atom stereocenters. The maximum atomic E-state index is 5.21. The molecular weight excluding hydrogens is 130 g/mol. The zero-order chi connectivity index (χ0) is 7.14. The van der Waals surface area contributed by atoms with E-state index in [4.69, 9.17) is 9.47 Å². The number of likely N-dealkylation sites (N-methyl/N-ethyl adjacent to an activating group) is 1. The van der Waals surface area contributed by atoms with Gasteiger partial charge in [0.05, 0.1) is 31.5 Å². The van der Waals surface area contributed by atoms with Gasteiger partial charge in [-0.1, -0.05) is 0 Å². The summed E-state index contributed by atoms with van der Waals surface area (Å²) >= 11 is 0. The maximum absolute atomic E-state index is 5.21. The molecule has 0 aromatic heterocycles. The Morgan fingerprint density at radius 1 is 1.20 bits per heavy atom. The van der Waals surface area contributed by atoms with Gasteiger partial charge in [-0.05, 0) is 14.1 Å². The van der Waals surface area contributed by atoms with E-state index < -0.39 is 0 Å². The van der Waals surface area contributed by atoms with E-state index in [-0.39, 0.29) is 0 Å². The molecule has 0 aromatic rings. The van der Waals surface area contributed by atoms with Crippen LogP contribution in [-0.4, -0.2) is 50.5 Å². The van der Waals surface area contributed by atoms with E-state index in [0.717, 1.165) is 13.2 Å². The Hall–Kier alpha value is -0.120. The number of hydrogen-bond acceptors (Lipinski definition) is 3. The lowest BCUT2D eigenvalue weighted by Gasteiger charge is -2.19. The fourth-order valence-corrected chi connectivity index (χ4v) is 1.41. The molecule has 3 nitrogen and oxygen atoms in total. The van der Waals surface area contributed by atoms with Crippen molar-refractivity contribution in [1.82, 2.24) is 4.90 Å². The Morgan fingerprint density at radius 3 is 1.80 bits per heavy atom. The molecule has 2 atom stereocenters. The van der Waals surface area contributed by atoms with E-state index in [1.165, 1.54) is 0 Å². The third-order valence-electron chi connectivity index (χ3n) is 2.08. The second-order valence-corrected chi connectivity index (χ2v) is 3.20. The van der Waals surface area contributed by atoms with E-state index in [0.29, 0.717) is 18.2 Å². The molecule has 58 valence electrons. The Balaban J connectivity index is 1.92. The average Bonchev–Trinajstić information content (AvgIpc) is 2.49. The highest BCUT2D eigenvalue weighted by Gasteiger charge is 2.45. The van der Waals surface area contributed by atoms with E-state index in [1.807, 2.05) is 0 Å². The van der Waals surface area contributed by atoms with Crippen molar-refractivity contribution >= 4 is 0 Å². The first-order valence-corrected chi connectivity index (χ1v) is 3.68. The van der Waals surface area contributed by atoms with Crippen LogP contribution in [0.5, 0.6) is 0 Å². The van der Waals surface area contributed by atoms with Crippen molar-refractivity contribution in [2.24, 2.45) is 0 Å². The summed E-state index contributed by atoms with van der Waals surface area (Å²) in [6, 6.07) is 0.500. The lowest BCUT2D eigenvalue weighted by molar-refractivity contribution is 0.186. The molecule has 10 heavy (non-hydrogen) atoms.